The number of nitrogens with zero attached hydrogens (tertiary/aromatic N) is 1. The van der Waals surface area contributed by atoms with Crippen molar-refractivity contribution in [2.24, 2.45) is 0 Å². The van der Waals surface area contributed by atoms with Gasteiger partial charge < -0.3 is 15.4 Å². The molecule has 0 saturated carbocycles. The summed E-state index contributed by atoms with van der Waals surface area (Å²) in [6, 6.07) is 6.11. The zero-order valence-corrected chi connectivity index (χ0v) is 12.4. The molecule has 0 aliphatic rings. The van der Waals surface area contributed by atoms with Crippen molar-refractivity contribution in [3.63, 3.8) is 0 Å². The van der Waals surface area contributed by atoms with Crippen molar-refractivity contribution in [1.29, 1.82) is 0 Å². The number of rotatable bonds is 6. The lowest BCUT2D eigenvalue weighted by molar-refractivity contribution is 0.146. The molecule has 0 spiro atoms. The lowest BCUT2D eigenvalue weighted by Crippen LogP contribution is -2.29. The van der Waals surface area contributed by atoms with Crippen LogP contribution >= 0.6 is 23.8 Å². The predicted octanol–water partition coefficient (Wildman–Crippen LogP) is 3.01. The summed E-state index contributed by atoms with van der Waals surface area (Å²) in [6.07, 6.45) is 2.81. The first-order chi connectivity index (χ1) is 9.29. The quantitative estimate of drug-likeness (QED) is 0.633. The summed E-state index contributed by atoms with van der Waals surface area (Å²) in [6.45, 7) is 4.33. The zero-order valence-electron chi connectivity index (χ0n) is 10.8. The van der Waals surface area contributed by atoms with Crippen LogP contribution in [0.1, 0.15) is 13.3 Å². The normalized spacial score (nSPS) is 10.6. The number of nitrogens with one attached hydrogen (secondary N) is 2. The second kappa shape index (κ2) is 7.37. The van der Waals surface area contributed by atoms with Gasteiger partial charge in [-0.05, 0) is 55.3 Å². The number of ether oxygens (including phenoxy) is 1. The van der Waals surface area contributed by atoms with Crippen LogP contribution in [0.4, 0.5) is 5.69 Å². The topological polar surface area (TPSA) is 46.2 Å². The van der Waals surface area contributed by atoms with Gasteiger partial charge in [-0.1, -0.05) is 0 Å². The van der Waals surface area contributed by atoms with Crippen LogP contribution in [0.5, 0.6) is 0 Å². The Balaban J connectivity index is 1.78. The molecule has 6 heteroatoms. The van der Waals surface area contributed by atoms with Gasteiger partial charge in [0.2, 0.25) is 0 Å². The van der Waals surface area contributed by atoms with E-state index in [9.17, 15) is 0 Å². The lowest BCUT2D eigenvalue weighted by Gasteiger charge is -2.10. The van der Waals surface area contributed by atoms with E-state index < -0.39 is 0 Å². The molecule has 0 radical (unpaired) electrons. The summed E-state index contributed by atoms with van der Waals surface area (Å²) in [7, 11) is 0. The second-order valence-electron chi connectivity index (χ2n) is 4.01. The Hall–Kier alpha value is -1.24. The van der Waals surface area contributed by atoms with Gasteiger partial charge in [0, 0.05) is 37.0 Å². The van der Waals surface area contributed by atoms with Crippen molar-refractivity contribution in [1.82, 2.24) is 9.69 Å². The maximum atomic E-state index is 5.26. The fourth-order valence-electron chi connectivity index (χ4n) is 1.65. The molecule has 0 fully saturated rings. The van der Waals surface area contributed by atoms with Crippen LogP contribution in [0.2, 0.25) is 0 Å². The highest BCUT2D eigenvalue weighted by molar-refractivity contribution is 7.80. The summed E-state index contributed by atoms with van der Waals surface area (Å²) < 4.78 is 10.6. The molecule has 2 rings (SSSR count). The van der Waals surface area contributed by atoms with Crippen molar-refractivity contribution >= 4 is 44.6 Å². The molecule has 0 atom stereocenters. The third-order valence-electron chi connectivity index (χ3n) is 2.57. The average molecular weight is 295 g/mol. The lowest BCUT2D eigenvalue weighted by atomic mass is 10.2. The van der Waals surface area contributed by atoms with Gasteiger partial charge in [-0.15, -0.1) is 0 Å². The number of anilines is 1. The molecule has 0 saturated heterocycles. The Morgan fingerprint density at radius 3 is 3.21 bits per heavy atom. The molecule has 0 bridgehead atoms. The second-order valence-corrected chi connectivity index (χ2v) is 5.25. The zero-order chi connectivity index (χ0) is 13.5. The standard InChI is InChI=1S/C13H17N3OS2/c1-2-17-7-3-6-14-13(18)16-11-4-5-12-10(8-11)9-15-19-12/h4-5,8-9H,2-3,6-7H2,1H3,(H2,14,16,18). The van der Waals surface area contributed by atoms with E-state index in [1.54, 1.807) is 0 Å². The third kappa shape index (κ3) is 4.41. The summed E-state index contributed by atoms with van der Waals surface area (Å²) in [4.78, 5) is 0. The van der Waals surface area contributed by atoms with Crippen LogP contribution < -0.4 is 10.6 Å². The van der Waals surface area contributed by atoms with Gasteiger partial charge in [-0.2, -0.15) is 4.37 Å². The summed E-state index contributed by atoms with van der Waals surface area (Å²) in [5.41, 5.74) is 0.981. The van der Waals surface area contributed by atoms with Crippen LogP contribution in [0.15, 0.2) is 24.4 Å². The van der Waals surface area contributed by atoms with Crippen LogP contribution in [-0.2, 0) is 4.74 Å². The van der Waals surface area contributed by atoms with E-state index in [0.717, 1.165) is 37.3 Å². The molecule has 0 amide bonds. The predicted molar refractivity (Wildman–Crippen MR) is 85.0 cm³/mol. The minimum absolute atomic E-state index is 0.638. The minimum atomic E-state index is 0.638. The maximum Gasteiger partial charge on any atom is 0.170 e. The van der Waals surface area contributed by atoms with E-state index >= 15 is 0 Å². The number of hydrogen-bond donors (Lipinski definition) is 2. The number of fused-ring (bicyclic) bond motifs is 1. The van der Waals surface area contributed by atoms with Gasteiger partial charge in [0.05, 0.1) is 4.70 Å². The van der Waals surface area contributed by atoms with E-state index in [2.05, 4.69) is 15.0 Å². The van der Waals surface area contributed by atoms with E-state index in [1.165, 1.54) is 16.2 Å². The molecule has 0 aliphatic carbocycles. The van der Waals surface area contributed by atoms with E-state index in [-0.39, 0.29) is 0 Å². The number of thiocarbonyl (C=S) groups is 1. The van der Waals surface area contributed by atoms with Crippen LogP contribution in [0.25, 0.3) is 10.1 Å². The number of benzene rings is 1. The van der Waals surface area contributed by atoms with Crippen molar-refractivity contribution in [2.45, 2.75) is 13.3 Å². The largest absolute Gasteiger partial charge is 0.382 e. The maximum absolute atomic E-state index is 5.26. The average Bonchev–Trinajstić information content (AvgIpc) is 2.86. The Labute approximate surface area is 122 Å². The highest BCUT2D eigenvalue weighted by atomic mass is 32.1. The molecular formula is C13H17N3OS2. The summed E-state index contributed by atoms with van der Waals surface area (Å²) >= 11 is 6.74. The molecule has 19 heavy (non-hydrogen) atoms. The van der Waals surface area contributed by atoms with Crippen LogP contribution in [0, 0.1) is 0 Å². The molecule has 1 aromatic carbocycles. The highest BCUT2D eigenvalue weighted by Gasteiger charge is 2.00. The first-order valence-electron chi connectivity index (χ1n) is 6.26. The Morgan fingerprint density at radius 1 is 1.47 bits per heavy atom. The van der Waals surface area contributed by atoms with Crippen molar-refractivity contribution in [2.75, 3.05) is 25.1 Å². The van der Waals surface area contributed by atoms with Gasteiger partial charge in [0.15, 0.2) is 5.11 Å². The molecule has 1 heterocycles. The number of hydrogen-bond acceptors (Lipinski definition) is 4. The van der Waals surface area contributed by atoms with Gasteiger partial charge in [-0.3, -0.25) is 0 Å². The fraction of sp³-hybridized carbons (Fsp3) is 0.385. The van der Waals surface area contributed by atoms with Crippen LogP contribution in [-0.4, -0.2) is 29.2 Å². The van der Waals surface area contributed by atoms with E-state index in [1.807, 2.05) is 31.3 Å². The van der Waals surface area contributed by atoms with E-state index in [0.29, 0.717) is 5.11 Å². The molecular weight excluding hydrogens is 278 g/mol. The smallest absolute Gasteiger partial charge is 0.170 e. The van der Waals surface area contributed by atoms with Gasteiger partial charge >= 0.3 is 0 Å². The van der Waals surface area contributed by atoms with E-state index in [4.69, 9.17) is 17.0 Å². The van der Waals surface area contributed by atoms with Crippen molar-refractivity contribution < 1.29 is 4.74 Å². The minimum Gasteiger partial charge on any atom is -0.382 e. The van der Waals surface area contributed by atoms with Crippen LogP contribution in [0.3, 0.4) is 0 Å². The van der Waals surface area contributed by atoms with Gasteiger partial charge in [0.1, 0.15) is 0 Å². The molecule has 1 aromatic heterocycles. The first-order valence-corrected chi connectivity index (χ1v) is 7.45. The molecule has 2 N–H and O–H groups in total. The molecule has 102 valence electrons. The molecule has 2 aromatic rings. The third-order valence-corrected chi connectivity index (χ3v) is 3.59. The highest BCUT2D eigenvalue weighted by Crippen LogP contribution is 2.21. The molecule has 0 aliphatic heterocycles. The molecule has 0 unspecified atom stereocenters. The van der Waals surface area contributed by atoms with Crippen molar-refractivity contribution in [3.05, 3.63) is 24.4 Å². The number of aromatic nitrogens is 1. The summed E-state index contributed by atoms with van der Waals surface area (Å²) in [5.74, 6) is 0. The fourth-order valence-corrected chi connectivity index (χ4v) is 2.49. The SMILES string of the molecule is CCOCCCNC(=S)Nc1ccc2sncc2c1. The van der Waals surface area contributed by atoms with Gasteiger partial charge in [-0.25, -0.2) is 0 Å². The van der Waals surface area contributed by atoms with Gasteiger partial charge in [0.25, 0.3) is 0 Å². The molecule has 4 nitrogen and oxygen atoms in total. The Bertz CT molecular complexity index is 541. The summed E-state index contributed by atoms with van der Waals surface area (Å²) in [5, 5.41) is 8.10. The van der Waals surface area contributed by atoms with Crippen molar-refractivity contribution in [3.8, 4) is 0 Å². The first kappa shape index (κ1) is 14.2. The monoisotopic (exact) mass is 295 g/mol. The Morgan fingerprint density at radius 2 is 2.37 bits per heavy atom. The Kier molecular flexibility index (Phi) is 5.50.